The molecule has 0 aliphatic heterocycles. The van der Waals surface area contributed by atoms with Gasteiger partial charge in [0.15, 0.2) is 0 Å². The minimum absolute atomic E-state index is 0.163. The van der Waals surface area contributed by atoms with Gasteiger partial charge in [-0.3, -0.25) is 0 Å². The third kappa shape index (κ3) is 8.70. The minimum atomic E-state index is -0.163. The summed E-state index contributed by atoms with van der Waals surface area (Å²) in [6.45, 7) is 9.73. The first-order valence-electron chi connectivity index (χ1n) is 6.19. The summed E-state index contributed by atoms with van der Waals surface area (Å²) in [6.07, 6.45) is 3.27. The van der Waals surface area contributed by atoms with Crippen LogP contribution in [0.3, 0.4) is 0 Å². The van der Waals surface area contributed by atoms with Crippen molar-refractivity contribution in [3.05, 3.63) is 0 Å². The number of hydrogen-bond donors (Lipinski definition) is 0. The normalized spacial score (nSPS) is 11.8. The molecule has 3 heteroatoms. The Morgan fingerprint density at radius 3 is 2.50 bits per heavy atom. The fourth-order valence-corrected chi connectivity index (χ4v) is 1.48. The average molecular weight is 226 g/mol. The van der Waals surface area contributed by atoms with Gasteiger partial charge < -0.3 is 9.64 Å². The van der Waals surface area contributed by atoms with Crippen LogP contribution in [0.4, 0.5) is 0 Å². The number of ether oxygens (including phenoxy) is 1. The molecule has 0 saturated heterocycles. The van der Waals surface area contributed by atoms with Crippen LogP contribution in [0.1, 0.15) is 40.0 Å². The molecular weight excluding hydrogens is 200 g/mol. The summed E-state index contributed by atoms with van der Waals surface area (Å²) in [4.78, 5) is 2.29. The first-order valence-corrected chi connectivity index (χ1v) is 6.19. The van der Waals surface area contributed by atoms with Gasteiger partial charge in [-0.1, -0.05) is 6.42 Å². The Morgan fingerprint density at radius 1 is 1.25 bits per heavy atom. The van der Waals surface area contributed by atoms with E-state index >= 15 is 0 Å². The summed E-state index contributed by atoms with van der Waals surface area (Å²) in [5.74, 6) is 0. The first kappa shape index (κ1) is 15.4. The molecule has 0 N–H and O–H groups in total. The SMILES string of the molecule is CCOCCN(C)CCCCC(C)(C)C#N. The fourth-order valence-electron chi connectivity index (χ4n) is 1.48. The van der Waals surface area contributed by atoms with E-state index in [-0.39, 0.29) is 5.41 Å². The lowest BCUT2D eigenvalue weighted by atomic mass is 9.89. The summed E-state index contributed by atoms with van der Waals surface area (Å²) >= 11 is 0. The van der Waals surface area contributed by atoms with Crippen LogP contribution in [0.25, 0.3) is 0 Å². The number of nitrogens with zero attached hydrogens (tertiary/aromatic N) is 2. The number of nitriles is 1. The average Bonchev–Trinajstić information content (AvgIpc) is 2.25. The molecule has 0 amide bonds. The molecule has 0 bridgehead atoms. The lowest BCUT2D eigenvalue weighted by Crippen LogP contribution is -2.24. The van der Waals surface area contributed by atoms with E-state index < -0.39 is 0 Å². The maximum absolute atomic E-state index is 8.87. The van der Waals surface area contributed by atoms with Crippen molar-refractivity contribution in [2.24, 2.45) is 5.41 Å². The van der Waals surface area contributed by atoms with Gasteiger partial charge in [-0.2, -0.15) is 5.26 Å². The molecular formula is C13H26N2O. The molecule has 0 fully saturated rings. The molecule has 0 heterocycles. The highest BCUT2D eigenvalue weighted by molar-refractivity contribution is 4.91. The van der Waals surface area contributed by atoms with E-state index in [1.807, 2.05) is 20.8 Å². The second-order valence-electron chi connectivity index (χ2n) is 4.95. The van der Waals surface area contributed by atoms with E-state index in [2.05, 4.69) is 18.0 Å². The van der Waals surface area contributed by atoms with E-state index in [1.54, 1.807) is 0 Å². The van der Waals surface area contributed by atoms with E-state index in [9.17, 15) is 0 Å². The second-order valence-corrected chi connectivity index (χ2v) is 4.95. The minimum Gasteiger partial charge on any atom is -0.380 e. The molecule has 0 rings (SSSR count). The summed E-state index contributed by atoms with van der Waals surface area (Å²) in [7, 11) is 2.12. The Bertz CT molecular complexity index is 208. The van der Waals surface area contributed by atoms with Gasteiger partial charge in [0, 0.05) is 13.2 Å². The zero-order valence-electron chi connectivity index (χ0n) is 11.3. The van der Waals surface area contributed by atoms with Crippen molar-refractivity contribution in [3.8, 4) is 6.07 Å². The van der Waals surface area contributed by atoms with Gasteiger partial charge in [-0.25, -0.2) is 0 Å². The molecule has 0 spiro atoms. The summed E-state index contributed by atoms with van der Waals surface area (Å²) in [5.41, 5.74) is -0.163. The summed E-state index contributed by atoms with van der Waals surface area (Å²) in [6, 6.07) is 2.34. The van der Waals surface area contributed by atoms with Gasteiger partial charge in [-0.15, -0.1) is 0 Å². The maximum atomic E-state index is 8.87. The van der Waals surface area contributed by atoms with Crippen molar-refractivity contribution < 1.29 is 4.74 Å². The number of rotatable bonds is 9. The predicted octanol–water partition coefficient (Wildman–Crippen LogP) is 2.67. The van der Waals surface area contributed by atoms with Crippen LogP contribution < -0.4 is 0 Å². The van der Waals surface area contributed by atoms with Crippen molar-refractivity contribution in [2.45, 2.75) is 40.0 Å². The maximum Gasteiger partial charge on any atom is 0.0683 e. The molecule has 0 aliphatic rings. The molecule has 0 atom stereocenters. The van der Waals surface area contributed by atoms with Crippen LogP contribution in [0.2, 0.25) is 0 Å². The monoisotopic (exact) mass is 226 g/mol. The standard InChI is InChI=1S/C13H26N2O/c1-5-16-11-10-15(4)9-7-6-8-13(2,3)12-14/h5-11H2,1-4H3. The molecule has 0 aromatic heterocycles. The van der Waals surface area contributed by atoms with Crippen LogP contribution in [0, 0.1) is 16.7 Å². The smallest absolute Gasteiger partial charge is 0.0683 e. The number of likely N-dealkylation sites (N-methyl/N-ethyl adjacent to an activating group) is 1. The van der Waals surface area contributed by atoms with Crippen molar-refractivity contribution in [1.29, 1.82) is 5.26 Å². The predicted molar refractivity (Wildman–Crippen MR) is 67.2 cm³/mol. The van der Waals surface area contributed by atoms with Crippen LogP contribution in [0.15, 0.2) is 0 Å². The van der Waals surface area contributed by atoms with Crippen LogP contribution in [0.5, 0.6) is 0 Å². The van der Waals surface area contributed by atoms with Gasteiger partial charge >= 0.3 is 0 Å². The molecule has 16 heavy (non-hydrogen) atoms. The first-order chi connectivity index (χ1) is 7.52. The molecule has 3 nitrogen and oxygen atoms in total. The van der Waals surface area contributed by atoms with Gasteiger partial charge in [0.05, 0.1) is 18.1 Å². The third-order valence-electron chi connectivity index (χ3n) is 2.72. The van der Waals surface area contributed by atoms with E-state index in [1.165, 1.54) is 0 Å². The van der Waals surface area contributed by atoms with Crippen molar-refractivity contribution in [3.63, 3.8) is 0 Å². The van der Waals surface area contributed by atoms with E-state index in [4.69, 9.17) is 10.00 Å². The topological polar surface area (TPSA) is 36.3 Å². The molecule has 0 aromatic rings. The van der Waals surface area contributed by atoms with Gasteiger partial charge in [0.2, 0.25) is 0 Å². The van der Waals surface area contributed by atoms with Crippen LogP contribution in [-0.4, -0.2) is 38.3 Å². The third-order valence-corrected chi connectivity index (χ3v) is 2.72. The molecule has 0 saturated carbocycles. The molecule has 94 valence electrons. The summed E-state index contributed by atoms with van der Waals surface area (Å²) < 4.78 is 5.30. The molecule has 0 unspecified atom stereocenters. The highest BCUT2D eigenvalue weighted by atomic mass is 16.5. The second kappa shape index (κ2) is 8.55. The van der Waals surface area contributed by atoms with Gasteiger partial charge in [-0.05, 0) is 47.2 Å². The van der Waals surface area contributed by atoms with E-state index in [0.717, 1.165) is 45.6 Å². The highest BCUT2D eigenvalue weighted by Crippen LogP contribution is 2.21. The van der Waals surface area contributed by atoms with Crippen molar-refractivity contribution in [2.75, 3.05) is 33.4 Å². The fraction of sp³-hybridized carbons (Fsp3) is 0.923. The van der Waals surface area contributed by atoms with Crippen molar-refractivity contribution in [1.82, 2.24) is 4.90 Å². The van der Waals surface area contributed by atoms with E-state index in [0.29, 0.717) is 0 Å². The largest absolute Gasteiger partial charge is 0.380 e. The Morgan fingerprint density at radius 2 is 1.94 bits per heavy atom. The Labute approximate surface area is 100 Å². The number of unbranched alkanes of at least 4 members (excludes halogenated alkanes) is 1. The Hall–Kier alpha value is -0.590. The molecule has 0 radical (unpaired) electrons. The lowest BCUT2D eigenvalue weighted by molar-refractivity contribution is 0.121. The molecule has 0 aliphatic carbocycles. The lowest BCUT2D eigenvalue weighted by Gasteiger charge is -2.18. The zero-order valence-corrected chi connectivity index (χ0v) is 11.3. The quantitative estimate of drug-likeness (QED) is 0.567. The van der Waals surface area contributed by atoms with Gasteiger partial charge in [0.25, 0.3) is 0 Å². The van der Waals surface area contributed by atoms with Crippen LogP contribution in [-0.2, 0) is 4.74 Å². The summed E-state index contributed by atoms with van der Waals surface area (Å²) in [5, 5.41) is 8.87. The highest BCUT2D eigenvalue weighted by Gasteiger charge is 2.15. The molecule has 0 aromatic carbocycles. The Balaban J connectivity index is 3.41. The van der Waals surface area contributed by atoms with Crippen LogP contribution >= 0.6 is 0 Å². The Kier molecular flexibility index (Phi) is 8.23. The van der Waals surface area contributed by atoms with Gasteiger partial charge in [0.1, 0.15) is 0 Å². The number of hydrogen-bond acceptors (Lipinski definition) is 3. The zero-order chi connectivity index (χ0) is 12.4. The van der Waals surface area contributed by atoms with Crippen molar-refractivity contribution >= 4 is 0 Å².